The molecule has 0 fully saturated rings. The SMILES string of the molecule is O=C(Cc1ccc(F)cc1)NCC1(O)CCOc2ccccc21. The highest BCUT2D eigenvalue weighted by Crippen LogP contribution is 2.36. The number of amides is 1. The predicted octanol–water partition coefficient (Wildman–Crippen LogP) is 2.15. The molecule has 5 heteroatoms. The number of carbonyl (C=O) groups excluding carboxylic acids is 1. The molecule has 1 heterocycles. The van der Waals surface area contributed by atoms with Crippen LogP contribution in [0.3, 0.4) is 0 Å². The monoisotopic (exact) mass is 315 g/mol. The first-order valence-electron chi connectivity index (χ1n) is 7.53. The van der Waals surface area contributed by atoms with Crippen molar-refractivity contribution in [3.63, 3.8) is 0 Å². The molecule has 0 saturated carbocycles. The van der Waals surface area contributed by atoms with Crippen molar-refractivity contribution < 1.29 is 19.0 Å². The highest BCUT2D eigenvalue weighted by molar-refractivity contribution is 5.78. The highest BCUT2D eigenvalue weighted by Gasteiger charge is 2.35. The van der Waals surface area contributed by atoms with E-state index >= 15 is 0 Å². The van der Waals surface area contributed by atoms with E-state index in [1.165, 1.54) is 12.1 Å². The molecule has 0 radical (unpaired) electrons. The lowest BCUT2D eigenvalue weighted by molar-refractivity contribution is -0.122. The number of nitrogens with one attached hydrogen (secondary N) is 1. The summed E-state index contributed by atoms with van der Waals surface area (Å²) in [6.45, 7) is 0.523. The molecule has 1 amide bonds. The third kappa shape index (κ3) is 3.51. The third-order valence-corrected chi connectivity index (χ3v) is 4.02. The van der Waals surface area contributed by atoms with E-state index in [0.29, 0.717) is 24.3 Å². The summed E-state index contributed by atoms with van der Waals surface area (Å²) in [6.07, 6.45) is 0.565. The Morgan fingerprint density at radius 1 is 1.22 bits per heavy atom. The van der Waals surface area contributed by atoms with Crippen molar-refractivity contribution in [1.29, 1.82) is 0 Å². The molecule has 1 atom stereocenters. The van der Waals surface area contributed by atoms with Gasteiger partial charge in [-0.05, 0) is 23.8 Å². The number of hydrogen-bond acceptors (Lipinski definition) is 3. The summed E-state index contributed by atoms with van der Waals surface area (Å²) >= 11 is 0. The number of para-hydroxylation sites is 1. The maximum absolute atomic E-state index is 12.9. The molecule has 0 bridgehead atoms. The summed E-state index contributed by atoms with van der Waals surface area (Å²) in [7, 11) is 0. The van der Waals surface area contributed by atoms with Gasteiger partial charge in [0, 0.05) is 12.0 Å². The quantitative estimate of drug-likeness (QED) is 0.909. The molecule has 1 unspecified atom stereocenters. The van der Waals surface area contributed by atoms with Gasteiger partial charge in [-0.25, -0.2) is 4.39 Å². The molecular formula is C18H18FNO3. The molecule has 4 nitrogen and oxygen atoms in total. The van der Waals surface area contributed by atoms with Gasteiger partial charge in [-0.1, -0.05) is 30.3 Å². The Kier molecular flexibility index (Phi) is 4.30. The number of ether oxygens (including phenoxy) is 1. The molecule has 3 rings (SSSR count). The highest BCUT2D eigenvalue weighted by atomic mass is 19.1. The van der Waals surface area contributed by atoms with Crippen molar-refractivity contribution in [3.8, 4) is 5.75 Å². The summed E-state index contributed by atoms with van der Waals surface area (Å²) in [5.41, 5.74) is 0.282. The number of benzene rings is 2. The molecule has 2 aromatic rings. The zero-order valence-electron chi connectivity index (χ0n) is 12.6. The van der Waals surface area contributed by atoms with Crippen LogP contribution in [-0.2, 0) is 16.8 Å². The van der Waals surface area contributed by atoms with E-state index in [4.69, 9.17) is 4.74 Å². The second kappa shape index (κ2) is 6.38. The lowest BCUT2D eigenvalue weighted by atomic mass is 9.88. The predicted molar refractivity (Wildman–Crippen MR) is 83.6 cm³/mol. The molecule has 0 spiro atoms. The molecule has 2 N–H and O–H groups in total. The van der Waals surface area contributed by atoms with Gasteiger partial charge in [0.1, 0.15) is 17.2 Å². The first kappa shape index (κ1) is 15.5. The first-order chi connectivity index (χ1) is 11.1. The van der Waals surface area contributed by atoms with Crippen LogP contribution < -0.4 is 10.1 Å². The molecule has 0 saturated heterocycles. The number of carbonyl (C=O) groups is 1. The molecule has 1 aliphatic heterocycles. The molecule has 1 aliphatic rings. The molecule has 2 aromatic carbocycles. The van der Waals surface area contributed by atoms with Gasteiger partial charge in [-0.15, -0.1) is 0 Å². The molecule has 0 aliphatic carbocycles. The Bertz CT molecular complexity index is 702. The van der Waals surface area contributed by atoms with Crippen LogP contribution >= 0.6 is 0 Å². The van der Waals surface area contributed by atoms with Crippen LogP contribution in [-0.4, -0.2) is 24.2 Å². The van der Waals surface area contributed by atoms with Crippen molar-refractivity contribution in [2.75, 3.05) is 13.2 Å². The maximum Gasteiger partial charge on any atom is 0.224 e. The van der Waals surface area contributed by atoms with Crippen LogP contribution in [0.4, 0.5) is 4.39 Å². The Morgan fingerprint density at radius 2 is 1.96 bits per heavy atom. The van der Waals surface area contributed by atoms with Gasteiger partial charge in [-0.2, -0.15) is 0 Å². The smallest absolute Gasteiger partial charge is 0.224 e. The van der Waals surface area contributed by atoms with Gasteiger partial charge in [0.2, 0.25) is 5.91 Å². The average Bonchev–Trinajstić information content (AvgIpc) is 2.56. The van der Waals surface area contributed by atoms with Crippen LogP contribution in [0.2, 0.25) is 0 Å². The topological polar surface area (TPSA) is 58.6 Å². The minimum absolute atomic E-state index is 0.118. The number of halogens is 1. The van der Waals surface area contributed by atoms with E-state index in [1.807, 2.05) is 12.1 Å². The summed E-state index contributed by atoms with van der Waals surface area (Å²) in [5, 5.41) is 13.6. The molecule has 23 heavy (non-hydrogen) atoms. The minimum Gasteiger partial charge on any atom is -0.493 e. The largest absolute Gasteiger partial charge is 0.493 e. The van der Waals surface area contributed by atoms with Crippen LogP contribution in [0.25, 0.3) is 0 Å². The Hall–Kier alpha value is -2.40. The fourth-order valence-corrected chi connectivity index (χ4v) is 2.72. The summed E-state index contributed by atoms with van der Waals surface area (Å²) in [4.78, 5) is 12.0. The number of hydrogen-bond donors (Lipinski definition) is 2. The van der Waals surface area contributed by atoms with E-state index < -0.39 is 5.60 Å². The van der Waals surface area contributed by atoms with Crippen molar-refractivity contribution in [1.82, 2.24) is 5.32 Å². The first-order valence-corrected chi connectivity index (χ1v) is 7.53. The van der Waals surface area contributed by atoms with Gasteiger partial charge in [0.25, 0.3) is 0 Å². The molecular weight excluding hydrogens is 297 g/mol. The van der Waals surface area contributed by atoms with Crippen molar-refractivity contribution >= 4 is 5.91 Å². The number of aliphatic hydroxyl groups is 1. The summed E-state index contributed by atoms with van der Waals surface area (Å²) in [5.74, 6) is 0.102. The van der Waals surface area contributed by atoms with E-state index in [1.54, 1.807) is 24.3 Å². The van der Waals surface area contributed by atoms with Gasteiger partial charge in [0.15, 0.2) is 0 Å². The van der Waals surface area contributed by atoms with Gasteiger partial charge in [0.05, 0.1) is 19.6 Å². The Balaban J connectivity index is 1.64. The maximum atomic E-state index is 12.9. The average molecular weight is 315 g/mol. The molecule has 120 valence electrons. The van der Waals surface area contributed by atoms with Crippen LogP contribution in [0, 0.1) is 5.82 Å². The zero-order chi connectivity index (χ0) is 16.3. The minimum atomic E-state index is -1.13. The number of fused-ring (bicyclic) bond motifs is 1. The Labute approximate surface area is 133 Å². The van der Waals surface area contributed by atoms with Crippen LogP contribution in [0.5, 0.6) is 5.75 Å². The molecule has 0 aromatic heterocycles. The van der Waals surface area contributed by atoms with Crippen LogP contribution in [0.1, 0.15) is 17.5 Å². The van der Waals surface area contributed by atoms with Gasteiger partial charge < -0.3 is 15.2 Å². The van der Waals surface area contributed by atoms with Crippen molar-refractivity contribution in [2.24, 2.45) is 0 Å². The fourth-order valence-electron chi connectivity index (χ4n) is 2.72. The Morgan fingerprint density at radius 3 is 2.74 bits per heavy atom. The van der Waals surface area contributed by atoms with Crippen molar-refractivity contribution in [2.45, 2.75) is 18.4 Å². The van der Waals surface area contributed by atoms with Crippen molar-refractivity contribution in [3.05, 3.63) is 65.5 Å². The second-order valence-electron chi connectivity index (χ2n) is 5.71. The standard InChI is InChI=1S/C18H18FNO3/c19-14-7-5-13(6-8-14)11-17(21)20-12-18(22)9-10-23-16-4-2-1-3-15(16)18/h1-8,22H,9-12H2,(H,20,21). The summed E-state index contributed by atoms with van der Waals surface area (Å²) < 4.78 is 18.4. The summed E-state index contributed by atoms with van der Waals surface area (Å²) in [6, 6.07) is 13.1. The normalized spacial score (nSPS) is 19.6. The van der Waals surface area contributed by atoms with Gasteiger partial charge in [-0.3, -0.25) is 4.79 Å². The lowest BCUT2D eigenvalue weighted by Gasteiger charge is -2.34. The fraction of sp³-hybridized carbons (Fsp3) is 0.278. The second-order valence-corrected chi connectivity index (χ2v) is 5.71. The number of rotatable bonds is 4. The van der Waals surface area contributed by atoms with E-state index in [2.05, 4.69) is 5.32 Å². The van der Waals surface area contributed by atoms with E-state index in [9.17, 15) is 14.3 Å². The third-order valence-electron chi connectivity index (χ3n) is 4.02. The zero-order valence-corrected chi connectivity index (χ0v) is 12.6. The lowest BCUT2D eigenvalue weighted by Crippen LogP contribution is -2.44. The van der Waals surface area contributed by atoms with E-state index in [0.717, 1.165) is 5.56 Å². The van der Waals surface area contributed by atoms with Crippen LogP contribution in [0.15, 0.2) is 48.5 Å². The van der Waals surface area contributed by atoms with Gasteiger partial charge >= 0.3 is 0 Å². The van der Waals surface area contributed by atoms with E-state index in [-0.39, 0.29) is 24.7 Å².